The van der Waals surface area contributed by atoms with Crippen LogP contribution in [0.2, 0.25) is 0 Å². The van der Waals surface area contributed by atoms with E-state index in [-0.39, 0.29) is 29.0 Å². The van der Waals surface area contributed by atoms with Crippen molar-refractivity contribution in [2.75, 3.05) is 5.32 Å². The predicted octanol–water partition coefficient (Wildman–Crippen LogP) is 3.00. The lowest BCUT2D eigenvalue weighted by atomic mass is 10.1. The van der Waals surface area contributed by atoms with E-state index in [2.05, 4.69) is 15.3 Å². The molecule has 0 saturated heterocycles. The second-order valence-electron chi connectivity index (χ2n) is 7.09. The number of aromatic amines is 1. The lowest BCUT2D eigenvalue weighted by Gasteiger charge is -2.13. The molecular formula is C23H20N4O3. The van der Waals surface area contributed by atoms with E-state index in [1.807, 2.05) is 55.5 Å². The first-order valence-electron chi connectivity index (χ1n) is 9.49. The fourth-order valence-electron chi connectivity index (χ4n) is 3.34. The topological polar surface area (TPSA) is 96.9 Å². The van der Waals surface area contributed by atoms with Gasteiger partial charge in [-0.05, 0) is 37.1 Å². The van der Waals surface area contributed by atoms with Crippen LogP contribution in [0.25, 0.3) is 11.0 Å². The fraction of sp³-hybridized carbons (Fsp3) is 0.130. The van der Waals surface area contributed by atoms with Gasteiger partial charge in [-0.2, -0.15) is 0 Å². The van der Waals surface area contributed by atoms with Crippen molar-refractivity contribution < 1.29 is 4.79 Å². The Hall–Kier alpha value is -4.00. The molecule has 1 amide bonds. The average Bonchev–Trinajstić information content (AvgIpc) is 2.73. The zero-order valence-corrected chi connectivity index (χ0v) is 16.6. The van der Waals surface area contributed by atoms with Gasteiger partial charge in [-0.15, -0.1) is 0 Å². The number of pyridine rings is 1. The highest BCUT2D eigenvalue weighted by Crippen LogP contribution is 2.18. The summed E-state index contributed by atoms with van der Waals surface area (Å²) in [5.41, 5.74) is 2.35. The molecule has 4 rings (SSSR count). The number of carbonyl (C=O) groups is 1. The number of fused-ring (bicyclic) bond motifs is 1. The predicted molar refractivity (Wildman–Crippen MR) is 116 cm³/mol. The first-order chi connectivity index (χ1) is 14.4. The van der Waals surface area contributed by atoms with E-state index in [1.165, 1.54) is 10.6 Å². The zero-order chi connectivity index (χ0) is 21.3. The summed E-state index contributed by atoms with van der Waals surface area (Å²) < 4.78 is 1.40. The summed E-state index contributed by atoms with van der Waals surface area (Å²) in [6.45, 7) is 3.84. The first kappa shape index (κ1) is 19.3. The number of aryl methyl sites for hydroxylation is 2. The number of aromatic nitrogens is 3. The molecule has 0 aliphatic carbocycles. The maximum Gasteiger partial charge on any atom is 0.330 e. The van der Waals surface area contributed by atoms with E-state index in [1.54, 1.807) is 13.0 Å². The number of carbonyl (C=O) groups excluding carboxylic acids is 1. The number of H-pyrrole nitrogens is 1. The van der Waals surface area contributed by atoms with Crippen molar-refractivity contribution in [1.82, 2.24) is 14.5 Å². The van der Waals surface area contributed by atoms with Crippen LogP contribution in [-0.4, -0.2) is 20.4 Å². The van der Waals surface area contributed by atoms with Crippen molar-refractivity contribution in [3.05, 3.63) is 104 Å². The minimum atomic E-state index is -0.572. The molecule has 0 atom stereocenters. The van der Waals surface area contributed by atoms with Gasteiger partial charge in [0.15, 0.2) is 0 Å². The van der Waals surface area contributed by atoms with Crippen LogP contribution in [0.5, 0.6) is 0 Å². The van der Waals surface area contributed by atoms with Crippen LogP contribution in [0, 0.1) is 13.8 Å². The minimum Gasteiger partial charge on any atom is -0.322 e. The molecule has 0 radical (unpaired) electrons. The van der Waals surface area contributed by atoms with Crippen LogP contribution >= 0.6 is 0 Å². The molecule has 0 unspecified atom stereocenters. The lowest BCUT2D eigenvalue weighted by molar-refractivity contribution is 0.102. The summed E-state index contributed by atoms with van der Waals surface area (Å²) in [4.78, 5) is 44.6. The first-order valence-corrected chi connectivity index (χ1v) is 9.49. The van der Waals surface area contributed by atoms with Gasteiger partial charge in [0, 0.05) is 5.69 Å². The molecule has 0 saturated carbocycles. The molecule has 0 aliphatic heterocycles. The Morgan fingerprint density at radius 3 is 2.47 bits per heavy atom. The highest BCUT2D eigenvalue weighted by molar-refractivity contribution is 6.06. The van der Waals surface area contributed by atoms with E-state index in [9.17, 15) is 14.4 Å². The Kier molecular flexibility index (Phi) is 5.02. The number of nitrogens with zero attached hydrogens (tertiary/aromatic N) is 2. The number of rotatable bonds is 4. The zero-order valence-electron chi connectivity index (χ0n) is 16.6. The average molecular weight is 400 g/mol. The third-order valence-electron chi connectivity index (χ3n) is 4.98. The van der Waals surface area contributed by atoms with E-state index in [0.29, 0.717) is 11.4 Å². The van der Waals surface area contributed by atoms with Crippen molar-refractivity contribution in [3.8, 4) is 0 Å². The third kappa shape index (κ3) is 3.65. The monoisotopic (exact) mass is 400 g/mol. The maximum atomic E-state index is 12.9. The summed E-state index contributed by atoms with van der Waals surface area (Å²) in [5.74, 6) is -0.364. The van der Waals surface area contributed by atoms with Crippen molar-refractivity contribution in [1.29, 1.82) is 0 Å². The molecule has 4 aromatic rings. The Labute approximate surface area is 172 Å². The van der Waals surface area contributed by atoms with Gasteiger partial charge in [-0.3, -0.25) is 19.1 Å². The number of hydrogen-bond donors (Lipinski definition) is 2. The van der Waals surface area contributed by atoms with E-state index in [4.69, 9.17) is 0 Å². The van der Waals surface area contributed by atoms with E-state index in [0.717, 1.165) is 11.1 Å². The van der Waals surface area contributed by atoms with Gasteiger partial charge in [0.25, 0.3) is 11.5 Å². The summed E-state index contributed by atoms with van der Waals surface area (Å²) in [6, 6.07) is 18.3. The Morgan fingerprint density at radius 2 is 1.73 bits per heavy atom. The van der Waals surface area contributed by atoms with Crippen molar-refractivity contribution >= 4 is 22.6 Å². The van der Waals surface area contributed by atoms with Gasteiger partial charge >= 0.3 is 5.69 Å². The molecule has 150 valence electrons. The standard InChI is InChI=1S/C23H20N4O3/c1-14-8-6-7-11-19(14)25-21(28)17-12-18-20(24-15(17)2)27(23(30)26-22(18)29)13-16-9-4-3-5-10-16/h3-12H,13H2,1-2H3,(H,25,28)(H,26,29,30). The normalized spacial score (nSPS) is 10.9. The van der Waals surface area contributed by atoms with Crippen molar-refractivity contribution in [2.24, 2.45) is 0 Å². The molecule has 2 heterocycles. The van der Waals surface area contributed by atoms with Crippen molar-refractivity contribution in [2.45, 2.75) is 20.4 Å². The minimum absolute atomic E-state index is 0.186. The van der Waals surface area contributed by atoms with Crippen LogP contribution in [0.15, 0.2) is 70.3 Å². The molecule has 7 nitrogen and oxygen atoms in total. The van der Waals surface area contributed by atoms with E-state index < -0.39 is 11.2 Å². The smallest absolute Gasteiger partial charge is 0.322 e. The second kappa shape index (κ2) is 7.79. The number of para-hydroxylation sites is 1. The van der Waals surface area contributed by atoms with Gasteiger partial charge in [0.1, 0.15) is 5.65 Å². The van der Waals surface area contributed by atoms with Crippen LogP contribution in [-0.2, 0) is 6.54 Å². The molecule has 0 spiro atoms. The van der Waals surface area contributed by atoms with Crippen LogP contribution < -0.4 is 16.6 Å². The van der Waals surface area contributed by atoms with Crippen molar-refractivity contribution in [3.63, 3.8) is 0 Å². The molecule has 2 N–H and O–H groups in total. The van der Waals surface area contributed by atoms with Crippen LogP contribution in [0.1, 0.15) is 27.2 Å². The lowest BCUT2D eigenvalue weighted by Crippen LogP contribution is -2.32. The molecule has 2 aromatic heterocycles. The highest BCUT2D eigenvalue weighted by Gasteiger charge is 2.17. The molecule has 30 heavy (non-hydrogen) atoms. The molecule has 7 heteroatoms. The number of amides is 1. The molecule has 0 bridgehead atoms. The number of nitrogens with one attached hydrogen (secondary N) is 2. The summed E-state index contributed by atoms with van der Waals surface area (Å²) >= 11 is 0. The van der Waals surface area contributed by atoms with Gasteiger partial charge in [0.05, 0.1) is 23.2 Å². The van der Waals surface area contributed by atoms with Crippen LogP contribution in [0.4, 0.5) is 5.69 Å². The SMILES string of the molecule is Cc1ccccc1NC(=O)c1cc2c(=O)[nH]c(=O)n(Cc3ccccc3)c2nc1C. The molecule has 0 fully saturated rings. The maximum absolute atomic E-state index is 12.9. The third-order valence-corrected chi connectivity index (χ3v) is 4.98. The summed E-state index contributed by atoms with van der Waals surface area (Å²) in [7, 11) is 0. The fourth-order valence-corrected chi connectivity index (χ4v) is 3.34. The quantitative estimate of drug-likeness (QED) is 0.550. The second-order valence-corrected chi connectivity index (χ2v) is 7.09. The van der Waals surface area contributed by atoms with Gasteiger partial charge in [0.2, 0.25) is 0 Å². The van der Waals surface area contributed by atoms with Crippen LogP contribution in [0.3, 0.4) is 0 Å². The Bertz CT molecular complexity index is 1370. The Balaban J connectivity index is 1.80. The highest BCUT2D eigenvalue weighted by atomic mass is 16.2. The van der Waals surface area contributed by atoms with Gasteiger partial charge in [-0.1, -0.05) is 48.5 Å². The largest absolute Gasteiger partial charge is 0.330 e. The Morgan fingerprint density at radius 1 is 1.03 bits per heavy atom. The van der Waals surface area contributed by atoms with Gasteiger partial charge in [-0.25, -0.2) is 9.78 Å². The molecule has 0 aliphatic rings. The van der Waals surface area contributed by atoms with Gasteiger partial charge < -0.3 is 5.32 Å². The molecular weight excluding hydrogens is 380 g/mol. The number of hydrogen-bond acceptors (Lipinski definition) is 4. The summed E-state index contributed by atoms with van der Waals surface area (Å²) in [6.07, 6.45) is 0. The molecule has 2 aromatic carbocycles. The number of benzene rings is 2. The van der Waals surface area contributed by atoms with E-state index >= 15 is 0 Å². The summed E-state index contributed by atoms with van der Waals surface area (Å²) in [5, 5.41) is 3.04. The number of anilines is 1.